The number of aromatic nitrogens is 2. The Morgan fingerprint density at radius 1 is 1.38 bits per heavy atom. The Kier molecular flexibility index (Phi) is 4.85. The van der Waals surface area contributed by atoms with Crippen LogP contribution in [-0.4, -0.2) is 46.0 Å². The molecule has 24 heavy (non-hydrogen) atoms. The van der Waals surface area contributed by atoms with Gasteiger partial charge in [0.1, 0.15) is 5.75 Å². The van der Waals surface area contributed by atoms with Crippen molar-refractivity contribution in [2.24, 2.45) is 5.92 Å². The number of carboxylic acid groups (broad SMARTS) is 1. The first kappa shape index (κ1) is 16.5. The maximum absolute atomic E-state index is 11.7. The van der Waals surface area contributed by atoms with Crippen LogP contribution in [0.4, 0.5) is 0 Å². The maximum atomic E-state index is 11.7. The number of aliphatic carboxylic acids is 1. The number of likely N-dealkylation sites (tertiary alicyclic amines) is 1. The van der Waals surface area contributed by atoms with E-state index in [9.17, 15) is 9.90 Å². The van der Waals surface area contributed by atoms with E-state index >= 15 is 0 Å². The number of rotatable bonds is 6. The number of hydrogen-bond donors (Lipinski definition) is 1. The summed E-state index contributed by atoms with van der Waals surface area (Å²) in [7, 11) is 1.63. The standard InChI is InChI=1S/C18H23N3O3/c1-3-21-10-13(8-19-21)9-20-11-15(16(12-20)18(22)23)14-6-4-5-7-17(14)24-2/h4-8,10,15-16H,3,9,11-12H2,1-2H3,(H,22,23)/t15-,16+/m0/s1. The molecule has 0 spiro atoms. The molecule has 0 saturated carbocycles. The molecule has 1 aromatic carbocycles. The van der Waals surface area contributed by atoms with E-state index in [1.807, 2.05) is 48.3 Å². The number of carboxylic acids is 1. The lowest BCUT2D eigenvalue weighted by atomic mass is 9.88. The first-order valence-corrected chi connectivity index (χ1v) is 8.21. The molecule has 2 aromatic rings. The van der Waals surface area contributed by atoms with E-state index in [0.717, 1.165) is 30.0 Å². The fourth-order valence-corrected chi connectivity index (χ4v) is 3.47. The van der Waals surface area contributed by atoms with Gasteiger partial charge in [0.2, 0.25) is 0 Å². The second-order valence-corrected chi connectivity index (χ2v) is 6.19. The van der Waals surface area contributed by atoms with Crippen LogP contribution in [0.25, 0.3) is 0 Å². The van der Waals surface area contributed by atoms with Gasteiger partial charge in [0, 0.05) is 43.9 Å². The first-order chi connectivity index (χ1) is 11.6. The number of nitrogens with zero attached hydrogens (tertiary/aromatic N) is 3. The minimum atomic E-state index is -0.752. The number of carbonyl (C=O) groups is 1. The zero-order valence-electron chi connectivity index (χ0n) is 14.1. The van der Waals surface area contributed by atoms with Gasteiger partial charge in [0.15, 0.2) is 0 Å². The molecule has 0 bridgehead atoms. The number of ether oxygens (including phenoxy) is 1. The summed E-state index contributed by atoms with van der Waals surface area (Å²) < 4.78 is 7.32. The fourth-order valence-electron chi connectivity index (χ4n) is 3.47. The second kappa shape index (κ2) is 7.05. The molecule has 3 rings (SSSR count). The highest BCUT2D eigenvalue weighted by Gasteiger charge is 2.39. The molecule has 6 nitrogen and oxygen atoms in total. The smallest absolute Gasteiger partial charge is 0.308 e. The molecule has 1 aromatic heterocycles. The number of para-hydroxylation sites is 1. The number of hydrogen-bond acceptors (Lipinski definition) is 4. The third kappa shape index (κ3) is 3.28. The number of benzene rings is 1. The second-order valence-electron chi connectivity index (χ2n) is 6.19. The van der Waals surface area contributed by atoms with Crippen LogP contribution in [0, 0.1) is 5.92 Å². The van der Waals surface area contributed by atoms with Crippen molar-refractivity contribution in [1.29, 1.82) is 0 Å². The van der Waals surface area contributed by atoms with Gasteiger partial charge in [0.05, 0.1) is 19.2 Å². The van der Waals surface area contributed by atoms with Crippen LogP contribution in [0.5, 0.6) is 5.75 Å². The third-order valence-electron chi connectivity index (χ3n) is 4.67. The molecule has 0 unspecified atom stereocenters. The summed E-state index contributed by atoms with van der Waals surface area (Å²) in [6.07, 6.45) is 3.88. The molecule has 128 valence electrons. The molecular weight excluding hydrogens is 306 g/mol. The van der Waals surface area contributed by atoms with E-state index in [2.05, 4.69) is 10.00 Å². The van der Waals surface area contributed by atoms with Gasteiger partial charge in [-0.3, -0.25) is 14.4 Å². The van der Waals surface area contributed by atoms with E-state index in [1.165, 1.54) is 0 Å². The van der Waals surface area contributed by atoms with E-state index in [-0.39, 0.29) is 5.92 Å². The lowest BCUT2D eigenvalue weighted by Crippen LogP contribution is -2.23. The predicted molar refractivity (Wildman–Crippen MR) is 90.0 cm³/mol. The average molecular weight is 329 g/mol. The molecule has 0 aliphatic carbocycles. The number of methoxy groups -OCH3 is 1. The zero-order chi connectivity index (χ0) is 17.1. The summed E-state index contributed by atoms with van der Waals surface area (Å²) in [6, 6.07) is 7.70. The number of aryl methyl sites for hydroxylation is 1. The minimum absolute atomic E-state index is 0.0696. The van der Waals surface area contributed by atoms with E-state index in [0.29, 0.717) is 13.1 Å². The highest BCUT2D eigenvalue weighted by atomic mass is 16.5. The molecule has 1 N–H and O–H groups in total. The summed E-state index contributed by atoms with van der Waals surface area (Å²) in [5.74, 6) is -0.491. The lowest BCUT2D eigenvalue weighted by Gasteiger charge is -2.18. The SMILES string of the molecule is CCn1cc(CN2C[C@@H](C(=O)O)[C@H](c3ccccc3OC)C2)cn1. The van der Waals surface area contributed by atoms with Gasteiger partial charge in [-0.2, -0.15) is 5.10 Å². The van der Waals surface area contributed by atoms with Gasteiger partial charge < -0.3 is 9.84 Å². The van der Waals surface area contributed by atoms with Crippen molar-refractivity contribution >= 4 is 5.97 Å². The minimum Gasteiger partial charge on any atom is -0.496 e. The highest BCUT2D eigenvalue weighted by molar-refractivity contribution is 5.72. The summed E-state index contributed by atoms with van der Waals surface area (Å²) in [5.41, 5.74) is 2.08. The van der Waals surface area contributed by atoms with Crippen LogP contribution in [0.3, 0.4) is 0 Å². The molecule has 1 saturated heterocycles. The van der Waals surface area contributed by atoms with Crippen molar-refractivity contribution in [2.75, 3.05) is 20.2 Å². The zero-order valence-corrected chi connectivity index (χ0v) is 14.1. The average Bonchev–Trinajstić information content (AvgIpc) is 3.22. The molecule has 1 aliphatic rings. The maximum Gasteiger partial charge on any atom is 0.308 e. The molecule has 0 amide bonds. The van der Waals surface area contributed by atoms with Gasteiger partial charge in [-0.15, -0.1) is 0 Å². The Balaban J connectivity index is 1.80. The molecule has 0 radical (unpaired) electrons. The van der Waals surface area contributed by atoms with Crippen LogP contribution in [0.2, 0.25) is 0 Å². The van der Waals surface area contributed by atoms with Crippen molar-refractivity contribution in [2.45, 2.75) is 25.9 Å². The van der Waals surface area contributed by atoms with Crippen molar-refractivity contribution in [1.82, 2.24) is 14.7 Å². The van der Waals surface area contributed by atoms with Crippen LogP contribution in [0.1, 0.15) is 24.0 Å². The van der Waals surface area contributed by atoms with Gasteiger partial charge in [-0.1, -0.05) is 18.2 Å². The summed E-state index contributed by atoms with van der Waals surface area (Å²) in [4.78, 5) is 13.9. The Hall–Kier alpha value is -2.34. The quantitative estimate of drug-likeness (QED) is 0.880. The molecule has 1 fully saturated rings. The first-order valence-electron chi connectivity index (χ1n) is 8.21. The summed E-state index contributed by atoms with van der Waals surface area (Å²) in [5, 5.41) is 13.9. The Labute approximate surface area is 141 Å². The van der Waals surface area contributed by atoms with Crippen molar-refractivity contribution in [3.8, 4) is 5.75 Å². The van der Waals surface area contributed by atoms with Crippen molar-refractivity contribution in [3.63, 3.8) is 0 Å². The van der Waals surface area contributed by atoms with Gasteiger partial charge in [-0.05, 0) is 18.6 Å². The molecule has 6 heteroatoms. The van der Waals surface area contributed by atoms with E-state index in [4.69, 9.17) is 4.74 Å². The normalized spacial score (nSPS) is 21.1. The van der Waals surface area contributed by atoms with E-state index < -0.39 is 11.9 Å². The summed E-state index contributed by atoms with van der Waals surface area (Å²) >= 11 is 0. The van der Waals surface area contributed by atoms with Gasteiger partial charge in [-0.25, -0.2) is 0 Å². The summed E-state index contributed by atoms with van der Waals surface area (Å²) in [6.45, 7) is 4.84. The predicted octanol–water partition coefficient (Wildman–Crippen LogP) is 2.21. The van der Waals surface area contributed by atoms with E-state index in [1.54, 1.807) is 7.11 Å². The lowest BCUT2D eigenvalue weighted by molar-refractivity contribution is -0.141. The molecule has 1 aliphatic heterocycles. The van der Waals surface area contributed by atoms with Crippen molar-refractivity contribution < 1.29 is 14.6 Å². The monoisotopic (exact) mass is 329 g/mol. The Bertz CT molecular complexity index is 713. The van der Waals surface area contributed by atoms with Gasteiger partial charge >= 0.3 is 5.97 Å². The molecule has 2 atom stereocenters. The van der Waals surface area contributed by atoms with Crippen LogP contribution in [-0.2, 0) is 17.9 Å². The fraction of sp³-hybridized carbons (Fsp3) is 0.444. The molecule has 2 heterocycles. The van der Waals surface area contributed by atoms with Gasteiger partial charge in [0.25, 0.3) is 0 Å². The van der Waals surface area contributed by atoms with Crippen LogP contribution >= 0.6 is 0 Å². The largest absolute Gasteiger partial charge is 0.496 e. The third-order valence-corrected chi connectivity index (χ3v) is 4.67. The van der Waals surface area contributed by atoms with Crippen molar-refractivity contribution in [3.05, 3.63) is 47.8 Å². The Morgan fingerprint density at radius 3 is 2.83 bits per heavy atom. The topological polar surface area (TPSA) is 67.6 Å². The Morgan fingerprint density at radius 2 is 2.17 bits per heavy atom. The highest BCUT2D eigenvalue weighted by Crippen LogP contribution is 2.38. The van der Waals surface area contributed by atoms with Crippen LogP contribution in [0.15, 0.2) is 36.7 Å². The van der Waals surface area contributed by atoms with Crippen LogP contribution < -0.4 is 4.74 Å². The molecular formula is C18H23N3O3.